The molecule has 0 aliphatic heterocycles. The van der Waals surface area contributed by atoms with Crippen molar-refractivity contribution in [3.63, 3.8) is 0 Å². The first-order chi connectivity index (χ1) is 15.9. The van der Waals surface area contributed by atoms with Crippen molar-refractivity contribution in [2.45, 2.75) is 0 Å². The minimum absolute atomic E-state index is 0.696. The van der Waals surface area contributed by atoms with Crippen molar-refractivity contribution < 1.29 is 0 Å². The van der Waals surface area contributed by atoms with E-state index < -0.39 is 0 Å². The van der Waals surface area contributed by atoms with Crippen molar-refractivity contribution >= 4 is 45.6 Å². The van der Waals surface area contributed by atoms with Gasteiger partial charge in [-0.25, -0.2) is 9.97 Å². The Morgan fingerprint density at radius 2 is 0.875 bits per heavy atom. The topological polar surface area (TPSA) is 74.6 Å². The molecule has 6 heteroatoms. The summed E-state index contributed by atoms with van der Waals surface area (Å²) in [5, 5.41) is 13.3. The number of rotatable bonds is 6. The predicted molar refractivity (Wildman–Crippen MR) is 132 cm³/mol. The van der Waals surface area contributed by atoms with Gasteiger partial charge in [0.05, 0.1) is 12.4 Å². The number of nitrogens with zero attached hydrogens (tertiary/aromatic N) is 4. The number of hydrazone groups is 2. The van der Waals surface area contributed by atoms with Crippen molar-refractivity contribution in [1.29, 1.82) is 0 Å². The van der Waals surface area contributed by atoms with Gasteiger partial charge in [-0.05, 0) is 45.8 Å². The Labute approximate surface area is 185 Å². The summed E-state index contributed by atoms with van der Waals surface area (Å²) in [6.45, 7) is 0. The molecule has 2 heterocycles. The summed E-state index contributed by atoms with van der Waals surface area (Å²) in [5.41, 5.74) is 8.08. The minimum atomic E-state index is 0.696. The second-order valence-electron chi connectivity index (χ2n) is 7.09. The van der Waals surface area contributed by atoms with Gasteiger partial charge in [0, 0.05) is 23.5 Å². The van der Waals surface area contributed by atoms with E-state index in [4.69, 9.17) is 0 Å². The number of fused-ring (bicyclic) bond motifs is 2. The highest BCUT2D eigenvalue weighted by molar-refractivity contribution is 6.21. The number of benzene rings is 3. The predicted octanol–water partition coefficient (Wildman–Crippen LogP) is 5.68. The Morgan fingerprint density at radius 3 is 1.22 bits per heavy atom. The SMILES string of the molecule is C(=NNc1ccccn1)c1c2ccccc2c(C=NNc2ccccn2)c2ccccc12. The molecule has 0 fully saturated rings. The van der Waals surface area contributed by atoms with Gasteiger partial charge in [-0.2, -0.15) is 10.2 Å². The monoisotopic (exact) mass is 416 g/mol. The molecule has 5 aromatic rings. The van der Waals surface area contributed by atoms with Crippen LogP contribution in [0.1, 0.15) is 11.1 Å². The fraction of sp³-hybridized carbons (Fsp3) is 0. The Kier molecular flexibility index (Phi) is 5.49. The highest BCUT2D eigenvalue weighted by Gasteiger charge is 2.11. The highest BCUT2D eigenvalue weighted by atomic mass is 15.3. The number of hydrogen-bond donors (Lipinski definition) is 2. The number of hydrogen-bond acceptors (Lipinski definition) is 6. The van der Waals surface area contributed by atoms with Gasteiger partial charge in [-0.3, -0.25) is 10.9 Å². The van der Waals surface area contributed by atoms with Gasteiger partial charge in [-0.15, -0.1) is 0 Å². The van der Waals surface area contributed by atoms with E-state index in [2.05, 4.69) is 55.3 Å². The van der Waals surface area contributed by atoms with Crippen molar-refractivity contribution in [3.05, 3.63) is 108 Å². The van der Waals surface area contributed by atoms with Gasteiger partial charge in [0.2, 0.25) is 0 Å². The maximum atomic E-state index is 4.45. The van der Waals surface area contributed by atoms with Crippen molar-refractivity contribution in [3.8, 4) is 0 Å². The van der Waals surface area contributed by atoms with E-state index in [0.29, 0.717) is 11.6 Å². The van der Waals surface area contributed by atoms with E-state index in [1.807, 2.05) is 73.1 Å². The molecule has 0 saturated carbocycles. The summed E-state index contributed by atoms with van der Waals surface area (Å²) in [7, 11) is 0. The lowest BCUT2D eigenvalue weighted by atomic mass is 9.92. The molecule has 2 N–H and O–H groups in total. The van der Waals surface area contributed by atoms with E-state index in [1.54, 1.807) is 12.4 Å². The zero-order chi connectivity index (χ0) is 21.6. The van der Waals surface area contributed by atoms with Gasteiger partial charge in [0.25, 0.3) is 0 Å². The Hall–Kier alpha value is -4.58. The maximum absolute atomic E-state index is 4.45. The molecular formula is C26H20N6. The lowest BCUT2D eigenvalue weighted by molar-refractivity contribution is 1.23. The minimum Gasteiger partial charge on any atom is -0.261 e. The second kappa shape index (κ2) is 9.06. The first-order valence-corrected chi connectivity index (χ1v) is 10.2. The van der Waals surface area contributed by atoms with Crippen LogP contribution in [0.3, 0.4) is 0 Å². The number of aromatic nitrogens is 2. The lowest BCUT2D eigenvalue weighted by Gasteiger charge is -2.12. The first-order valence-electron chi connectivity index (χ1n) is 10.2. The summed E-state index contributed by atoms with van der Waals surface area (Å²) in [5.74, 6) is 1.39. The fourth-order valence-electron chi connectivity index (χ4n) is 3.66. The van der Waals surface area contributed by atoms with Gasteiger partial charge in [0.1, 0.15) is 11.6 Å². The van der Waals surface area contributed by atoms with Crippen LogP contribution >= 0.6 is 0 Å². The van der Waals surface area contributed by atoms with Crippen LogP contribution in [0, 0.1) is 0 Å². The normalized spacial score (nSPS) is 11.5. The van der Waals surface area contributed by atoms with E-state index in [0.717, 1.165) is 32.7 Å². The zero-order valence-electron chi connectivity index (χ0n) is 17.2. The molecule has 0 amide bonds. The van der Waals surface area contributed by atoms with E-state index in [-0.39, 0.29) is 0 Å². The van der Waals surface area contributed by atoms with Crippen LogP contribution in [-0.2, 0) is 0 Å². The molecule has 5 rings (SSSR count). The summed E-state index contributed by atoms with van der Waals surface area (Å²) in [4.78, 5) is 8.51. The van der Waals surface area contributed by atoms with Crippen LogP contribution in [0.15, 0.2) is 108 Å². The third-order valence-corrected chi connectivity index (χ3v) is 5.09. The largest absolute Gasteiger partial charge is 0.261 e. The molecule has 32 heavy (non-hydrogen) atoms. The second-order valence-corrected chi connectivity index (χ2v) is 7.09. The molecule has 0 aliphatic carbocycles. The van der Waals surface area contributed by atoms with Crippen LogP contribution in [0.5, 0.6) is 0 Å². The molecule has 0 aliphatic rings. The van der Waals surface area contributed by atoms with Crippen LogP contribution < -0.4 is 10.9 Å². The van der Waals surface area contributed by atoms with E-state index >= 15 is 0 Å². The first kappa shape index (κ1) is 19.4. The smallest absolute Gasteiger partial charge is 0.146 e. The molecule has 0 atom stereocenters. The summed E-state index contributed by atoms with van der Waals surface area (Å²) < 4.78 is 0. The molecule has 0 unspecified atom stereocenters. The molecule has 0 spiro atoms. The summed E-state index contributed by atoms with van der Waals surface area (Å²) in [6.07, 6.45) is 7.17. The van der Waals surface area contributed by atoms with Crippen molar-refractivity contribution in [2.75, 3.05) is 10.9 Å². The molecule has 0 saturated heterocycles. The van der Waals surface area contributed by atoms with Crippen molar-refractivity contribution in [1.82, 2.24) is 9.97 Å². The van der Waals surface area contributed by atoms with E-state index in [1.165, 1.54) is 0 Å². The average molecular weight is 416 g/mol. The van der Waals surface area contributed by atoms with Gasteiger partial charge < -0.3 is 0 Å². The standard InChI is InChI=1S/C26H20N6/c1-2-10-20-19(9-1)23(17-29-31-25-13-5-7-15-27-25)21-11-3-4-12-22(21)24(20)18-30-32-26-14-6-8-16-28-26/h1-18H,(H,27,31)(H,28,32). The Morgan fingerprint density at radius 1 is 0.500 bits per heavy atom. The van der Waals surface area contributed by atoms with Gasteiger partial charge in [0.15, 0.2) is 0 Å². The van der Waals surface area contributed by atoms with Crippen LogP contribution in [0.2, 0.25) is 0 Å². The quantitative estimate of drug-likeness (QED) is 0.212. The molecule has 6 nitrogen and oxygen atoms in total. The van der Waals surface area contributed by atoms with Crippen LogP contribution in [0.25, 0.3) is 21.5 Å². The lowest BCUT2D eigenvalue weighted by Crippen LogP contribution is -1.98. The fourth-order valence-corrected chi connectivity index (χ4v) is 3.66. The number of anilines is 2. The Balaban J connectivity index is 1.59. The molecule has 2 aromatic heterocycles. The number of pyridine rings is 2. The molecule has 0 radical (unpaired) electrons. The summed E-state index contributed by atoms with van der Waals surface area (Å²) >= 11 is 0. The third-order valence-electron chi connectivity index (χ3n) is 5.09. The Bertz CT molecular complexity index is 1250. The molecule has 3 aromatic carbocycles. The highest BCUT2D eigenvalue weighted by Crippen LogP contribution is 2.31. The average Bonchev–Trinajstić information content (AvgIpc) is 2.86. The van der Waals surface area contributed by atoms with E-state index in [9.17, 15) is 0 Å². The molecular weight excluding hydrogens is 396 g/mol. The number of nitrogens with one attached hydrogen (secondary N) is 2. The van der Waals surface area contributed by atoms with Gasteiger partial charge >= 0.3 is 0 Å². The van der Waals surface area contributed by atoms with Crippen molar-refractivity contribution in [2.24, 2.45) is 10.2 Å². The summed E-state index contributed by atoms with van der Waals surface area (Å²) in [6, 6.07) is 27.9. The zero-order valence-corrected chi connectivity index (χ0v) is 17.2. The molecule has 154 valence electrons. The molecule has 0 bridgehead atoms. The van der Waals surface area contributed by atoms with Crippen LogP contribution in [0.4, 0.5) is 11.6 Å². The van der Waals surface area contributed by atoms with Gasteiger partial charge in [-0.1, -0.05) is 60.7 Å². The third kappa shape index (κ3) is 4.02. The van der Waals surface area contributed by atoms with Crippen LogP contribution in [-0.4, -0.2) is 22.4 Å². The maximum Gasteiger partial charge on any atom is 0.146 e.